The minimum Gasteiger partial charge on any atom is -0.507 e. The van der Waals surface area contributed by atoms with Gasteiger partial charge in [-0.05, 0) is 51.8 Å². The van der Waals surface area contributed by atoms with E-state index in [0.717, 1.165) is 12.7 Å². The van der Waals surface area contributed by atoms with E-state index >= 15 is 0 Å². The van der Waals surface area contributed by atoms with Crippen molar-refractivity contribution >= 4 is 17.5 Å². The molecular weight excluding hydrogens is 572 g/mol. The van der Waals surface area contributed by atoms with Crippen molar-refractivity contribution in [3.8, 4) is 23.0 Å². The molecule has 6 rings (SSSR count). The Labute approximate surface area is 254 Å². The first-order chi connectivity index (χ1) is 20.7. The number of ether oxygens (including phenoxy) is 5. The number of aliphatic hydroxyl groups excluding tert-OH is 1. The van der Waals surface area contributed by atoms with Crippen molar-refractivity contribution in [1.29, 1.82) is 0 Å². The Hall–Kier alpha value is -3.93. The Bertz CT molecular complexity index is 1640. The Balaban J connectivity index is 1.31. The number of aryl methyl sites for hydroxylation is 1. The van der Waals surface area contributed by atoms with Crippen molar-refractivity contribution in [3.63, 3.8) is 0 Å². The lowest BCUT2D eigenvalue weighted by Gasteiger charge is -2.28. The van der Waals surface area contributed by atoms with E-state index < -0.39 is 57.8 Å². The topological polar surface area (TPSA) is 165 Å². The number of carbonyl (C=O) groups excluding carboxylic acids is 3. The van der Waals surface area contributed by atoms with Gasteiger partial charge in [-0.15, -0.1) is 0 Å². The molecule has 11 heteroatoms. The highest BCUT2D eigenvalue weighted by Gasteiger charge is 2.83. The highest BCUT2D eigenvalue weighted by molar-refractivity contribution is 6.19. The fraction of sp³-hybridized carbons (Fsp3) is 0.485. The minimum absolute atomic E-state index is 0.0638. The van der Waals surface area contributed by atoms with E-state index in [0.29, 0.717) is 17.5 Å². The van der Waals surface area contributed by atoms with Crippen LogP contribution in [0.25, 0.3) is 0 Å². The van der Waals surface area contributed by atoms with Gasteiger partial charge in [-0.3, -0.25) is 9.59 Å². The van der Waals surface area contributed by atoms with Gasteiger partial charge in [0.2, 0.25) is 5.78 Å². The van der Waals surface area contributed by atoms with Gasteiger partial charge in [0.15, 0.2) is 11.4 Å². The number of hydrogen-bond acceptors (Lipinski definition) is 11. The van der Waals surface area contributed by atoms with Crippen molar-refractivity contribution in [3.05, 3.63) is 57.7 Å². The SMILES string of the molecule is COC(=O)c1cc(OC)cc(O)c1C(=O)c1c(O)cc(C)c2c1O[C@@](C)(CC(=O)[C@@]13C[C@H](O)[C@@H]4O[C@]4(CC=C(C)C)[C@@H]1O3)C2. The van der Waals surface area contributed by atoms with E-state index in [4.69, 9.17) is 23.7 Å². The number of aliphatic hydroxyl groups is 1. The second-order valence-electron chi connectivity index (χ2n) is 12.8. The Morgan fingerprint density at radius 1 is 1.07 bits per heavy atom. The van der Waals surface area contributed by atoms with Crippen LogP contribution in [0.4, 0.5) is 0 Å². The van der Waals surface area contributed by atoms with Crippen LogP contribution in [0, 0.1) is 6.92 Å². The lowest BCUT2D eigenvalue weighted by molar-refractivity contribution is -0.128. The number of benzene rings is 2. The summed E-state index contributed by atoms with van der Waals surface area (Å²) in [6, 6.07) is 3.85. The number of phenols is 2. The lowest BCUT2D eigenvalue weighted by atomic mass is 9.74. The summed E-state index contributed by atoms with van der Waals surface area (Å²) in [6.07, 6.45) is 1.13. The van der Waals surface area contributed by atoms with Gasteiger partial charge < -0.3 is 39.0 Å². The van der Waals surface area contributed by atoms with Gasteiger partial charge >= 0.3 is 5.97 Å². The number of fused-ring (bicyclic) bond motifs is 4. The van der Waals surface area contributed by atoms with Crippen molar-refractivity contribution in [2.45, 2.75) is 88.5 Å². The second kappa shape index (κ2) is 10.0. The summed E-state index contributed by atoms with van der Waals surface area (Å²) in [5.41, 5.74) is -1.60. The van der Waals surface area contributed by atoms with Crippen LogP contribution in [-0.4, -0.2) is 82.2 Å². The molecule has 6 atom stereocenters. The smallest absolute Gasteiger partial charge is 0.338 e. The molecule has 0 aromatic heterocycles. The quantitative estimate of drug-likeness (QED) is 0.165. The molecule has 2 aromatic carbocycles. The molecule has 2 saturated heterocycles. The van der Waals surface area contributed by atoms with Crippen molar-refractivity contribution in [2.75, 3.05) is 14.2 Å². The van der Waals surface area contributed by atoms with E-state index in [1.54, 1.807) is 13.8 Å². The van der Waals surface area contributed by atoms with E-state index in [1.165, 1.54) is 25.3 Å². The second-order valence-corrected chi connectivity index (χ2v) is 12.8. The summed E-state index contributed by atoms with van der Waals surface area (Å²) >= 11 is 0. The van der Waals surface area contributed by atoms with E-state index in [2.05, 4.69) is 0 Å². The standard InChI is InChI=1S/C33H36O11/c1-15(2)7-8-32-28(43-32)22(36)13-33(30(32)44-33)23(37)14-31(4)12-19-16(3)9-20(34)25(27(19)42-31)26(38)24-18(29(39)41-6)10-17(40-5)11-21(24)35/h7,9-11,22,28,30,34-36H,8,12-14H2,1-6H3/t22-,28-,30-,31+,32-,33-/m0/s1. The average molecular weight is 609 g/mol. The number of phenolic OH excluding ortho intramolecular Hbond substituents is 2. The first-order valence-electron chi connectivity index (χ1n) is 14.5. The molecule has 3 heterocycles. The predicted molar refractivity (Wildman–Crippen MR) is 155 cm³/mol. The molecule has 0 bridgehead atoms. The predicted octanol–water partition coefficient (Wildman–Crippen LogP) is 3.48. The zero-order valence-electron chi connectivity index (χ0n) is 25.5. The molecule has 1 saturated carbocycles. The van der Waals surface area contributed by atoms with Crippen LogP contribution in [-0.2, 0) is 25.4 Å². The van der Waals surface area contributed by atoms with Crippen LogP contribution >= 0.6 is 0 Å². The highest BCUT2D eigenvalue weighted by Crippen LogP contribution is 2.65. The number of rotatable bonds is 9. The molecule has 11 nitrogen and oxygen atoms in total. The summed E-state index contributed by atoms with van der Waals surface area (Å²) in [7, 11) is 2.48. The number of methoxy groups -OCH3 is 2. The number of hydrogen-bond donors (Lipinski definition) is 3. The first-order valence-corrected chi connectivity index (χ1v) is 14.5. The molecule has 4 aliphatic rings. The average Bonchev–Trinajstić information content (AvgIpc) is 3.85. The van der Waals surface area contributed by atoms with Crippen LogP contribution in [0.3, 0.4) is 0 Å². The van der Waals surface area contributed by atoms with Gasteiger partial charge in [-0.25, -0.2) is 4.79 Å². The third-order valence-electron chi connectivity index (χ3n) is 9.28. The van der Waals surface area contributed by atoms with Gasteiger partial charge in [-0.2, -0.15) is 0 Å². The Morgan fingerprint density at radius 3 is 2.43 bits per heavy atom. The highest BCUT2D eigenvalue weighted by atomic mass is 16.7. The molecule has 3 N–H and O–H groups in total. The molecule has 1 aliphatic carbocycles. The normalized spacial score (nSPS) is 30.7. The molecule has 0 spiro atoms. The first kappa shape index (κ1) is 30.1. The zero-order chi connectivity index (χ0) is 31.9. The summed E-state index contributed by atoms with van der Waals surface area (Å²) in [6.45, 7) is 7.44. The number of epoxide rings is 2. The molecular formula is C33H36O11. The van der Waals surface area contributed by atoms with E-state index in [9.17, 15) is 29.7 Å². The number of carbonyl (C=O) groups is 3. The molecule has 44 heavy (non-hydrogen) atoms. The maximum absolute atomic E-state index is 14.0. The van der Waals surface area contributed by atoms with Gasteiger partial charge in [0.25, 0.3) is 0 Å². The van der Waals surface area contributed by atoms with Crippen LogP contribution in [0.15, 0.2) is 29.8 Å². The van der Waals surface area contributed by atoms with Crippen LogP contribution < -0.4 is 9.47 Å². The Kier molecular flexibility index (Phi) is 6.88. The van der Waals surface area contributed by atoms with Crippen LogP contribution in [0.5, 0.6) is 23.0 Å². The molecule has 3 aliphatic heterocycles. The van der Waals surface area contributed by atoms with Gasteiger partial charge in [-0.1, -0.05) is 11.6 Å². The van der Waals surface area contributed by atoms with Crippen molar-refractivity contribution in [2.24, 2.45) is 0 Å². The molecule has 3 fully saturated rings. The molecule has 234 valence electrons. The lowest BCUT2D eigenvalue weighted by Crippen LogP contribution is -2.48. The summed E-state index contributed by atoms with van der Waals surface area (Å²) in [5, 5.41) is 32.6. The monoisotopic (exact) mass is 608 g/mol. The summed E-state index contributed by atoms with van der Waals surface area (Å²) in [5.74, 6) is -2.77. The summed E-state index contributed by atoms with van der Waals surface area (Å²) < 4.78 is 28.3. The third-order valence-corrected chi connectivity index (χ3v) is 9.28. The van der Waals surface area contributed by atoms with Crippen molar-refractivity contribution < 1.29 is 53.4 Å². The minimum atomic E-state index is -1.19. The van der Waals surface area contributed by atoms with Crippen molar-refractivity contribution in [1.82, 2.24) is 0 Å². The number of Topliss-reactive ketones (excluding diaryl/α,β-unsaturated/α-hetero) is 1. The number of aromatic hydroxyl groups is 2. The number of allylic oxidation sites excluding steroid dienone is 1. The molecule has 2 aromatic rings. The molecule has 0 amide bonds. The van der Waals surface area contributed by atoms with E-state index in [-0.39, 0.29) is 53.8 Å². The summed E-state index contributed by atoms with van der Waals surface area (Å²) in [4.78, 5) is 40.5. The van der Waals surface area contributed by atoms with Crippen LogP contribution in [0.2, 0.25) is 0 Å². The van der Waals surface area contributed by atoms with Gasteiger partial charge in [0.05, 0.1) is 31.5 Å². The fourth-order valence-electron chi connectivity index (χ4n) is 6.98. The Morgan fingerprint density at radius 2 is 1.77 bits per heavy atom. The number of esters is 1. The number of ketones is 2. The zero-order valence-corrected chi connectivity index (χ0v) is 25.5. The largest absolute Gasteiger partial charge is 0.507 e. The molecule has 0 unspecified atom stereocenters. The third kappa shape index (κ3) is 4.48. The van der Waals surface area contributed by atoms with E-state index in [1.807, 2.05) is 19.9 Å². The molecule has 0 radical (unpaired) electrons. The maximum Gasteiger partial charge on any atom is 0.338 e. The van der Waals surface area contributed by atoms with Gasteiger partial charge in [0, 0.05) is 30.9 Å². The fourth-order valence-corrected chi connectivity index (χ4v) is 6.98. The van der Waals surface area contributed by atoms with Crippen LogP contribution in [0.1, 0.15) is 77.4 Å². The maximum atomic E-state index is 14.0. The van der Waals surface area contributed by atoms with Gasteiger partial charge in [0.1, 0.15) is 52.0 Å².